The molecule has 0 aliphatic carbocycles. The standard InChI is InChI=1S/C54H34N6S/c1-5-16-35(17-6-1)36-28-30-40(31-29-36)52-56-51(39-22-11-4-12-23-39)59-54(60-52)45-34-41(32-33-42(45)43-25-15-27-47-48(43)44-24-13-14-26-46(44)61-47)53-57-49(37-18-7-2-8-19-37)55-50(58-53)38-20-9-3-10-21-38/h1-34H. The van der Waals surface area contributed by atoms with Crippen LogP contribution in [0.3, 0.4) is 0 Å². The van der Waals surface area contributed by atoms with Gasteiger partial charge in [-0.3, -0.25) is 0 Å². The van der Waals surface area contributed by atoms with Crippen LogP contribution in [0, 0.1) is 0 Å². The molecule has 0 aliphatic rings. The normalized spacial score (nSPS) is 11.3. The zero-order valence-corrected chi connectivity index (χ0v) is 33.5. The summed E-state index contributed by atoms with van der Waals surface area (Å²) in [7, 11) is 0. The molecule has 6 nitrogen and oxygen atoms in total. The van der Waals surface area contributed by atoms with Crippen LogP contribution in [0.25, 0.3) is 111 Å². The fourth-order valence-corrected chi connectivity index (χ4v) is 8.96. The lowest BCUT2D eigenvalue weighted by Gasteiger charge is -2.15. The van der Waals surface area contributed by atoms with Crippen LogP contribution in [0.4, 0.5) is 0 Å². The van der Waals surface area contributed by atoms with Gasteiger partial charge in [0.2, 0.25) is 0 Å². The van der Waals surface area contributed by atoms with Crippen molar-refractivity contribution < 1.29 is 0 Å². The lowest BCUT2D eigenvalue weighted by molar-refractivity contribution is 1.07. The average Bonchev–Trinajstić information content (AvgIpc) is 3.74. The van der Waals surface area contributed by atoms with Crippen LogP contribution in [-0.4, -0.2) is 29.9 Å². The molecule has 11 rings (SSSR count). The number of aromatic nitrogens is 6. The molecule has 0 radical (unpaired) electrons. The van der Waals surface area contributed by atoms with Gasteiger partial charge in [0.15, 0.2) is 34.9 Å². The summed E-state index contributed by atoms with van der Waals surface area (Å²) in [6, 6.07) is 70.6. The van der Waals surface area contributed by atoms with Gasteiger partial charge in [0.05, 0.1) is 0 Å². The van der Waals surface area contributed by atoms with E-state index in [1.165, 1.54) is 20.2 Å². The van der Waals surface area contributed by atoms with Gasteiger partial charge in [-0.25, -0.2) is 29.9 Å². The molecule has 0 atom stereocenters. The predicted molar refractivity (Wildman–Crippen MR) is 250 cm³/mol. The smallest absolute Gasteiger partial charge is 0.164 e. The lowest BCUT2D eigenvalue weighted by Crippen LogP contribution is -2.03. The summed E-state index contributed by atoms with van der Waals surface area (Å²) in [5.74, 6) is 3.45. The van der Waals surface area contributed by atoms with Crippen molar-refractivity contribution in [1.29, 1.82) is 0 Å². The van der Waals surface area contributed by atoms with Crippen LogP contribution in [0.1, 0.15) is 0 Å². The highest BCUT2D eigenvalue weighted by Crippen LogP contribution is 2.44. The third-order valence-electron chi connectivity index (χ3n) is 10.8. The topological polar surface area (TPSA) is 77.3 Å². The summed E-state index contributed by atoms with van der Waals surface area (Å²) < 4.78 is 2.45. The SMILES string of the molecule is c1ccc(-c2ccc(-c3nc(-c4ccccc4)nc(-c4cc(-c5nc(-c6ccccc6)nc(-c6ccccc6)n5)ccc4-c4cccc5sc6ccccc6c45)n3)cc2)cc1. The van der Waals surface area contributed by atoms with E-state index in [4.69, 9.17) is 29.9 Å². The molecule has 0 amide bonds. The second-order valence-electron chi connectivity index (χ2n) is 14.7. The summed E-state index contributed by atoms with van der Waals surface area (Å²) in [5.41, 5.74) is 9.61. The van der Waals surface area contributed by atoms with Gasteiger partial charge in [-0.1, -0.05) is 188 Å². The Kier molecular flexibility index (Phi) is 9.26. The summed E-state index contributed by atoms with van der Waals surface area (Å²) in [4.78, 5) is 30.9. The molecule has 3 heterocycles. The largest absolute Gasteiger partial charge is 0.208 e. The molecule has 61 heavy (non-hydrogen) atoms. The first-order chi connectivity index (χ1) is 30.2. The minimum Gasteiger partial charge on any atom is -0.208 e. The third kappa shape index (κ3) is 7.03. The highest BCUT2D eigenvalue weighted by Gasteiger charge is 2.21. The summed E-state index contributed by atoms with van der Waals surface area (Å²) in [6.07, 6.45) is 0. The van der Waals surface area contributed by atoms with Gasteiger partial charge in [-0.2, -0.15) is 0 Å². The molecule has 3 aromatic heterocycles. The van der Waals surface area contributed by atoms with E-state index in [-0.39, 0.29) is 0 Å². The van der Waals surface area contributed by atoms with Gasteiger partial charge in [-0.05, 0) is 40.5 Å². The molecule has 7 heteroatoms. The number of hydrogen-bond donors (Lipinski definition) is 0. The Morgan fingerprint density at radius 1 is 0.246 bits per heavy atom. The first kappa shape index (κ1) is 36.1. The summed E-state index contributed by atoms with van der Waals surface area (Å²) in [5, 5.41) is 2.41. The van der Waals surface area contributed by atoms with Gasteiger partial charge in [0.1, 0.15) is 0 Å². The first-order valence-corrected chi connectivity index (χ1v) is 20.9. The Morgan fingerprint density at radius 3 is 1.20 bits per heavy atom. The van der Waals surface area contributed by atoms with Gasteiger partial charge in [0, 0.05) is 53.6 Å². The second-order valence-corrected chi connectivity index (χ2v) is 15.8. The Bertz CT molecular complexity index is 3280. The van der Waals surface area contributed by atoms with Crippen LogP contribution in [-0.2, 0) is 0 Å². The molecule has 0 fully saturated rings. The van der Waals surface area contributed by atoms with Gasteiger partial charge in [0.25, 0.3) is 0 Å². The number of hydrogen-bond acceptors (Lipinski definition) is 7. The molecule has 0 saturated carbocycles. The zero-order chi connectivity index (χ0) is 40.5. The van der Waals surface area contributed by atoms with Crippen LogP contribution in [0.5, 0.6) is 0 Å². The Morgan fingerprint density at radius 2 is 0.639 bits per heavy atom. The maximum Gasteiger partial charge on any atom is 0.164 e. The van der Waals surface area contributed by atoms with Crippen molar-refractivity contribution in [2.24, 2.45) is 0 Å². The molecule has 0 unspecified atom stereocenters. The highest BCUT2D eigenvalue weighted by molar-refractivity contribution is 7.25. The highest BCUT2D eigenvalue weighted by atomic mass is 32.1. The third-order valence-corrected chi connectivity index (χ3v) is 12.0. The molecule has 8 aromatic carbocycles. The van der Waals surface area contributed by atoms with Crippen molar-refractivity contribution in [2.75, 3.05) is 0 Å². The van der Waals surface area contributed by atoms with E-state index in [1.54, 1.807) is 11.3 Å². The van der Waals surface area contributed by atoms with Crippen LogP contribution in [0.15, 0.2) is 206 Å². The molecule has 11 aromatic rings. The molecular weight excluding hydrogens is 765 g/mol. The number of rotatable bonds is 8. The maximum absolute atomic E-state index is 5.31. The van der Waals surface area contributed by atoms with Crippen molar-refractivity contribution in [1.82, 2.24) is 29.9 Å². The van der Waals surface area contributed by atoms with Crippen LogP contribution in [0.2, 0.25) is 0 Å². The maximum atomic E-state index is 5.31. The summed E-state index contributed by atoms with van der Waals surface area (Å²) >= 11 is 1.80. The van der Waals surface area contributed by atoms with Crippen LogP contribution < -0.4 is 0 Å². The number of benzene rings is 8. The summed E-state index contributed by atoms with van der Waals surface area (Å²) in [6.45, 7) is 0. The quantitative estimate of drug-likeness (QED) is 0.152. The Balaban J connectivity index is 1.16. The van der Waals surface area contributed by atoms with E-state index in [0.29, 0.717) is 34.9 Å². The van der Waals surface area contributed by atoms with Crippen molar-refractivity contribution in [3.05, 3.63) is 206 Å². The van der Waals surface area contributed by atoms with Gasteiger partial charge in [-0.15, -0.1) is 11.3 Å². The fourth-order valence-electron chi connectivity index (χ4n) is 7.82. The van der Waals surface area contributed by atoms with Crippen molar-refractivity contribution >= 4 is 31.5 Å². The van der Waals surface area contributed by atoms with E-state index >= 15 is 0 Å². The minimum absolute atomic E-state index is 0.546. The molecule has 0 bridgehead atoms. The van der Waals surface area contributed by atoms with Crippen molar-refractivity contribution in [3.63, 3.8) is 0 Å². The minimum atomic E-state index is 0.546. The second kappa shape index (κ2) is 15.6. The van der Waals surface area contributed by atoms with E-state index < -0.39 is 0 Å². The van der Waals surface area contributed by atoms with Crippen molar-refractivity contribution in [2.45, 2.75) is 0 Å². The van der Waals surface area contributed by atoms with Gasteiger partial charge >= 0.3 is 0 Å². The molecule has 0 N–H and O–H groups in total. The Hall–Kier alpha value is -8.00. The molecule has 0 spiro atoms. The average molecular weight is 799 g/mol. The van der Waals surface area contributed by atoms with E-state index in [9.17, 15) is 0 Å². The molecule has 286 valence electrons. The van der Waals surface area contributed by atoms with E-state index in [2.05, 4.69) is 109 Å². The van der Waals surface area contributed by atoms with Crippen molar-refractivity contribution in [3.8, 4) is 90.6 Å². The van der Waals surface area contributed by atoms with Gasteiger partial charge < -0.3 is 0 Å². The number of fused-ring (bicyclic) bond motifs is 3. The molecule has 0 aliphatic heterocycles. The lowest BCUT2D eigenvalue weighted by atomic mass is 9.93. The van der Waals surface area contributed by atoms with E-state index in [1.807, 2.05) is 97.1 Å². The predicted octanol–water partition coefficient (Wildman–Crippen LogP) is 13.8. The molecular formula is C54H34N6S. The fraction of sp³-hybridized carbons (Fsp3) is 0. The monoisotopic (exact) mass is 798 g/mol. The van der Waals surface area contributed by atoms with E-state index in [0.717, 1.165) is 55.6 Å². The number of thiophene rings is 1. The Labute approximate surface area is 356 Å². The molecule has 0 saturated heterocycles. The zero-order valence-electron chi connectivity index (χ0n) is 32.7. The number of nitrogens with zero attached hydrogens (tertiary/aromatic N) is 6. The first-order valence-electron chi connectivity index (χ1n) is 20.1. The van der Waals surface area contributed by atoms with Crippen LogP contribution >= 0.6 is 11.3 Å².